The molecule has 0 bridgehead atoms. The zero-order chi connectivity index (χ0) is 19.3. The van der Waals surface area contributed by atoms with E-state index in [2.05, 4.69) is 22.4 Å². The van der Waals surface area contributed by atoms with E-state index in [1.165, 1.54) is 16.7 Å². The SMILES string of the molecule is Cc1[nH]c(C(=O)Nc2ccc3c(c2)Cc2ccccc2-3)c(C)c1S(N)(=O)=O. The third-order valence-electron chi connectivity index (χ3n) is 4.93. The maximum atomic E-state index is 12.7. The van der Waals surface area contributed by atoms with Crippen LogP contribution in [0.15, 0.2) is 47.4 Å². The Balaban J connectivity index is 1.63. The number of primary sulfonamides is 1. The Kier molecular flexibility index (Phi) is 3.94. The fraction of sp³-hybridized carbons (Fsp3) is 0.150. The molecule has 0 spiro atoms. The van der Waals surface area contributed by atoms with E-state index in [0.29, 0.717) is 16.9 Å². The molecule has 0 saturated heterocycles. The van der Waals surface area contributed by atoms with Gasteiger partial charge >= 0.3 is 0 Å². The highest BCUT2D eigenvalue weighted by Crippen LogP contribution is 2.37. The normalized spacial score (nSPS) is 12.6. The van der Waals surface area contributed by atoms with Gasteiger partial charge in [0.15, 0.2) is 0 Å². The number of nitrogens with one attached hydrogen (secondary N) is 2. The number of aromatic nitrogens is 1. The van der Waals surface area contributed by atoms with Gasteiger partial charge in [-0.25, -0.2) is 13.6 Å². The molecule has 7 heteroatoms. The topological polar surface area (TPSA) is 105 Å². The predicted molar refractivity (Wildman–Crippen MR) is 104 cm³/mol. The molecular formula is C20H19N3O3S. The van der Waals surface area contributed by atoms with E-state index in [1.54, 1.807) is 13.8 Å². The fourth-order valence-corrected chi connectivity index (χ4v) is 4.81. The Bertz CT molecular complexity index is 1190. The standard InChI is InChI=1S/C20H19N3O3S/c1-11-18(22-12(2)19(11)27(21,25)26)20(24)23-15-7-8-17-14(10-15)9-13-5-3-4-6-16(13)17/h3-8,10,22H,9H2,1-2H3,(H,23,24)(H2,21,25,26). The first-order chi connectivity index (χ1) is 12.8. The van der Waals surface area contributed by atoms with Crippen LogP contribution in [0.4, 0.5) is 5.69 Å². The molecule has 4 rings (SSSR count). The van der Waals surface area contributed by atoms with Gasteiger partial charge in [0, 0.05) is 11.4 Å². The van der Waals surface area contributed by atoms with Crippen molar-refractivity contribution in [3.05, 3.63) is 70.5 Å². The number of rotatable bonds is 3. The van der Waals surface area contributed by atoms with Crippen LogP contribution in [0, 0.1) is 13.8 Å². The molecule has 1 heterocycles. The van der Waals surface area contributed by atoms with Gasteiger partial charge in [-0.05, 0) is 60.2 Å². The van der Waals surface area contributed by atoms with Gasteiger partial charge in [0.25, 0.3) is 5.91 Å². The van der Waals surface area contributed by atoms with Crippen molar-refractivity contribution in [2.75, 3.05) is 5.32 Å². The smallest absolute Gasteiger partial charge is 0.272 e. The summed E-state index contributed by atoms with van der Waals surface area (Å²) in [6.45, 7) is 3.15. The van der Waals surface area contributed by atoms with Gasteiger partial charge < -0.3 is 10.3 Å². The summed E-state index contributed by atoms with van der Waals surface area (Å²) in [5, 5.41) is 8.09. The highest BCUT2D eigenvalue weighted by Gasteiger charge is 2.24. The first kappa shape index (κ1) is 17.5. The molecule has 1 aromatic heterocycles. The number of benzene rings is 2. The van der Waals surface area contributed by atoms with Crippen LogP contribution in [-0.2, 0) is 16.4 Å². The maximum Gasteiger partial charge on any atom is 0.272 e. The summed E-state index contributed by atoms with van der Waals surface area (Å²) in [7, 11) is -3.90. The van der Waals surface area contributed by atoms with E-state index in [-0.39, 0.29) is 10.6 Å². The minimum atomic E-state index is -3.90. The number of sulfonamides is 1. The van der Waals surface area contributed by atoms with Crippen molar-refractivity contribution in [1.82, 2.24) is 4.98 Å². The van der Waals surface area contributed by atoms with Crippen molar-refractivity contribution in [3.8, 4) is 11.1 Å². The first-order valence-corrected chi connectivity index (χ1v) is 10.0. The quantitative estimate of drug-likeness (QED) is 0.508. The zero-order valence-corrected chi connectivity index (χ0v) is 15.8. The summed E-state index contributed by atoms with van der Waals surface area (Å²) < 4.78 is 23.5. The molecule has 1 aliphatic carbocycles. The van der Waals surface area contributed by atoms with Crippen molar-refractivity contribution >= 4 is 21.6 Å². The van der Waals surface area contributed by atoms with Gasteiger partial charge in [-0.15, -0.1) is 0 Å². The molecule has 0 atom stereocenters. The van der Waals surface area contributed by atoms with Crippen molar-refractivity contribution in [3.63, 3.8) is 0 Å². The minimum Gasteiger partial charge on any atom is -0.353 e. The van der Waals surface area contributed by atoms with E-state index in [1.807, 2.05) is 30.3 Å². The van der Waals surface area contributed by atoms with E-state index in [4.69, 9.17) is 5.14 Å². The Hall–Kier alpha value is -2.90. The molecule has 138 valence electrons. The lowest BCUT2D eigenvalue weighted by Gasteiger charge is -2.08. The zero-order valence-electron chi connectivity index (χ0n) is 15.0. The van der Waals surface area contributed by atoms with Gasteiger partial charge in [0.1, 0.15) is 10.6 Å². The number of hydrogen-bond acceptors (Lipinski definition) is 3. The highest BCUT2D eigenvalue weighted by atomic mass is 32.2. The largest absolute Gasteiger partial charge is 0.353 e. The second-order valence-corrected chi connectivity index (χ2v) is 8.28. The molecule has 0 saturated carbocycles. The molecule has 1 amide bonds. The van der Waals surface area contributed by atoms with Gasteiger partial charge in [-0.3, -0.25) is 4.79 Å². The van der Waals surface area contributed by atoms with E-state index < -0.39 is 15.9 Å². The Morgan fingerprint density at radius 2 is 1.78 bits per heavy atom. The minimum absolute atomic E-state index is 0.0305. The third-order valence-corrected chi connectivity index (χ3v) is 6.11. The number of nitrogens with two attached hydrogens (primary N) is 1. The number of carbonyl (C=O) groups is 1. The monoisotopic (exact) mass is 381 g/mol. The van der Waals surface area contributed by atoms with Crippen LogP contribution in [0.1, 0.15) is 32.9 Å². The number of amides is 1. The van der Waals surface area contributed by atoms with Gasteiger partial charge in [0.05, 0.1) is 0 Å². The average Bonchev–Trinajstić information content (AvgIpc) is 3.10. The Labute approximate surface area is 157 Å². The molecule has 3 aromatic rings. The van der Waals surface area contributed by atoms with Crippen molar-refractivity contribution in [2.45, 2.75) is 25.2 Å². The molecule has 0 fully saturated rings. The molecule has 6 nitrogen and oxygen atoms in total. The summed E-state index contributed by atoms with van der Waals surface area (Å²) in [4.78, 5) is 15.5. The molecular weight excluding hydrogens is 362 g/mol. The molecule has 27 heavy (non-hydrogen) atoms. The van der Waals surface area contributed by atoms with Gasteiger partial charge in [-0.2, -0.15) is 0 Å². The van der Waals surface area contributed by atoms with E-state index in [9.17, 15) is 13.2 Å². The van der Waals surface area contributed by atoms with Crippen molar-refractivity contribution in [2.24, 2.45) is 5.14 Å². The van der Waals surface area contributed by atoms with Crippen LogP contribution in [0.25, 0.3) is 11.1 Å². The lowest BCUT2D eigenvalue weighted by molar-refractivity contribution is 0.102. The van der Waals surface area contributed by atoms with Crippen LogP contribution in [0.5, 0.6) is 0 Å². The number of fused-ring (bicyclic) bond motifs is 3. The molecule has 2 aromatic carbocycles. The average molecular weight is 381 g/mol. The summed E-state index contributed by atoms with van der Waals surface area (Å²) >= 11 is 0. The Morgan fingerprint density at radius 3 is 2.48 bits per heavy atom. The molecule has 1 aliphatic rings. The van der Waals surface area contributed by atoms with Crippen LogP contribution in [0.2, 0.25) is 0 Å². The second-order valence-electron chi connectivity index (χ2n) is 6.78. The van der Waals surface area contributed by atoms with E-state index >= 15 is 0 Å². The third kappa shape index (κ3) is 2.94. The first-order valence-electron chi connectivity index (χ1n) is 8.50. The number of anilines is 1. The molecule has 0 aliphatic heterocycles. The van der Waals surface area contributed by atoms with E-state index in [0.717, 1.165) is 12.0 Å². The maximum absolute atomic E-state index is 12.7. The second kappa shape index (κ2) is 6.07. The summed E-state index contributed by atoms with van der Waals surface area (Å²) in [6, 6.07) is 14.0. The predicted octanol–water partition coefficient (Wildman–Crippen LogP) is 3.10. The number of carbonyl (C=O) groups excluding carboxylic acids is 1. The number of H-pyrrole nitrogens is 1. The fourth-order valence-electron chi connectivity index (χ4n) is 3.80. The van der Waals surface area contributed by atoms with Crippen LogP contribution in [-0.4, -0.2) is 19.3 Å². The molecule has 4 N–H and O–H groups in total. The number of aromatic amines is 1. The summed E-state index contributed by atoms with van der Waals surface area (Å²) in [6.07, 6.45) is 0.825. The molecule has 0 unspecified atom stereocenters. The summed E-state index contributed by atoms with van der Waals surface area (Å²) in [5.41, 5.74) is 6.34. The van der Waals surface area contributed by atoms with Crippen LogP contribution < -0.4 is 10.5 Å². The molecule has 0 radical (unpaired) electrons. The Morgan fingerprint density at radius 1 is 1.07 bits per heavy atom. The summed E-state index contributed by atoms with van der Waals surface area (Å²) in [5.74, 6) is -0.402. The number of hydrogen-bond donors (Lipinski definition) is 3. The van der Waals surface area contributed by atoms with Crippen molar-refractivity contribution < 1.29 is 13.2 Å². The highest BCUT2D eigenvalue weighted by molar-refractivity contribution is 7.89. The van der Waals surface area contributed by atoms with Gasteiger partial charge in [0.2, 0.25) is 10.0 Å². The lowest BCUT2D eigenvalue weighted by Crippen LogP contribution is -2.16. The van der Waals surface area contributed by atoms with Gasteiger partial charge in [-0.1, -0.05) is 30.3 Å². The van der Waals surface area contributed by atoms with Crippen molar-refractivity contribution in [1.29, 1.82) is 0 Å². The van der Waals surface area contributed by atoms with Crippen LogP contribution in [0.3, 0.4) is 0 Å². The number of aryl methyl sites for hydroxylation is 1. The van der Waals surface area contributed by atoms with Crippen LogP contribution >= 0.6 is 0 Å². The lowest BCUT2D eigenvalue weighted by atomic mass is 10.1.